The highest BCUT2D eigenvalue weighted by Crippen LogP contribution is 2.34. The van der Waals surface area contributed by atoms with Crippen molar-refractivity contribution in [3.63, 3.8) is 0 Å². The number of methoxy groups -OCH3 is 1. The van der Waals surface area contributed by atoms with Crippen molar-refractivity contribution in [3.05, 3.63) is 57.8 Å². The average Bonchev–Trinajstić information content (AvgIpc) is 3.13. The molecular formula is C19H19NO4S. The topological polar surface area (TPSA) is 63.7 Å². The summed E-state index contributed by atoms with van der Waals surface area (Å²) in [6.07, 6.45) is 0.934. The molecule has 1 unspecified atom stereocenters. The Kier molecular flexibility index (Phi) is 5.28. The standard InChI is InChI=1S/C19H19NO4S/c1-24-19(23)18-14-10-12-25-16(14)9-11-20(18)17(22)8-7-15(21)13-5-3-2-4-6-13/h2-6,10,12,18H,7-9,11H2,1H3. The summed E-state index contributed by atoms with van der Waals surface area (Å²) in [4.78, 5) is 39.7. The van der Waals surface area contributed by atoms with Gasteiger partial charge in [-0.05, 0) is 23.4 Å². The number of amides is 1. The van der Waals surface area contributed by atoms with Crippen LogP contribution in [0.5, 0.6) is 0 Å². The number of fused-ring (bicyclic) bond motifs is 1. The number of ether oxygens (including phenoxy) is 1. The quantitative estimate of drug-likeness (QED) is 0.609. The molecule has 1 aliphatic heterocycles. The van der Waals surface area contributed by atoms with Crippen LogP contribution in [0.2, 0.25) is 0 Å². The van der Waals surface area contributed by atoms with Gasteiger partial charge >= 0.3 is 5.97 Å². The average molecular weight is 357 g/mol. The number of benzene rings is 1. The summed E-state index contributed by atoms with van der Waals surface area (Å²) in [5, 5.41) is 1.92. The van der Waals surface area contributed by atoms with Gasteiger partial charge in [0.25, 0.3) is 0 Å². The number of carbonyl (C=O) groups is 3. The van der Waals surface area contributed by atoms with Crippen LogP contribution in [0.3, 0.4) is 0 Å². The minimum Gasteiger partial charge on any atom is -0.467 e. The van der Waals surface area contributed by atoms with Crippen molar-refractivity contribution >= 4 is 29.0 Å². The molecule has 130 valence electrons. The Bertz CT molecular complexity index is 784. The zero-order chi connectivity index (χ0) is 17.8. The molecule has 0 saturated carbocycles. The van der Waals surface area contributed by atoms with Crippen LogP contribution in [0.1, 0.15) is 39.7 Å². The number of thiophene rings is 1. The van der Waals surface area contributed by atoms with Gasteiger partial charge in [-0.25, -0.2) is 4.79 Å². The molecule has 1 amide bonds. The molecule has 0 saturated heterocycles. The highest BCUT2D eigenvalue weighted by molar-refractivity contribution is 7.10. The summed E-state index contributed by atoms with van der Waals surface area (Å²) in [6, 6.07) is 10.1. The zero-order valence-electron chi connectivity index (χ0n) is 13.9. The fraction of sp³-hybridized carbons (Fsp3) is 0.316. The molecule has 0 aliphatic carbocycles. The van der Waals surface area contributed by atoms with E-state index in [9.17, 15) is 14.4 Å². The molecular weight excluding hydrogens is 338 g/mol. The second kappa shape index (κ2) is 7.61. The third-order valence-electron chi connectivity index (χ3n) is 4.37. The predicted molar refractivity (Wildman–Crippen MR) is 94.5 cm³/mol. The lowest BCUT2D eigenvalue weighted by Gasteiger charge is -2.34. The van der Waals surface area contributed by atoms with Crippen molar-refractivity contribution in [2.45, 2.75) is 25.3 Å². The second-order valence-corrected chi connectivity index (χ2v) is 6.85. The number of ketones is 1. The van der Waals surface area contributed by atoms with E-state index in [-0.39, 0.29) is 24.5 Å². The van der Waals surface area contributed by atoms with Gasteiger partial charge in [-0.3, -0.25) is 9.59 Å². The van der Waals surface area contributed by atoms with Gasteiger partial charge in [-0.1, -0.05) is 30.3 Å². The van der Waals surface area contributed by atoms with Crippen LogP contribution in [0.25, 0.3) is 0 Å². The SMILES string of the molecule is COC(=O)C1c2ccsc2CCN1C(=O)CCC(=O)c1ccccc1. The summed E-state index contributed by atoms with van der Waals surface area (Å²) in [5.41, 5.74) is 1.43. The van der Waals surface area contributed by atoms with Crippen molar-refractivity contribution in [3.8, 4) is 0 Å². The zero-order valence-corrected chi connectivity index (χ0v) is 14.8. The molecule has 1 aromatic heterocycles. The van der Waals surface area contributed by atoms with Crippen molar-refractivity contribution in [1.82, 2.24) is 4.90 Å². The molecule has 0 N–H and O–H groups in total. The Balaban J connectivity index is 1.70. The normalized spacial score (nSPS) is 16.2. The molecule has 0 radical (unpaired) electrons. The summed E-state index contributed by atoms with van der Waals surface area (Å²) in [6.45, 7) is 0.464. The van der Waals surface area contributed by atoms with Gasteiger partial charge in [0.15, 0.2) is 11.8 Å². The number of Topliss-reactive ketones (excluding diaryl/α,β-unsaturated/α-hetero) is 1. The lowest BCUT2D eigenvalue weighted by atomic mass is 9.98. The van der Waals surface area contributed by atoms with Crippen molar-refractivity contribution < 1.29 is 19.1 Å². The van der Waals surface area contributed by atoms with Crippen LogP contribution < -0.4 is 0 Å². The van der Waals surface area contributed by atoms with E-state index < -0.39 is 12.0 Å². The Hall–Kier alpha value is -2.47. The van der Waals surface area contributed by atoms with Gasteiger partial charge in [-0.2, -0.15) is 0 Å². The lowest BCUT2D eigenvalue weighted by molar-refractivity contribution is -0.153. The predicted octanol–water partition coefficient (Wildman–Crippen LogP) is 3.01. The molecule has 0 spiro atoms. The maximum absolute atomic E-state index is 12.7. The van der Waals surface area contributed by atoms with Gasteiger partial charge in [0.2, 0.25) is 5.91 Å². The molecule has 1 aliphatic rings. The Morgan fingerprint density at radius 2 is 1.92 bits per heavy atom. The van der Waals surface area contributed by atoms with E-state index in [1.165, 1.54) is 7.11 Å². The number of carbonyl (C=O) groups excluding carboxylic acids is 3. The summed E-state index contributed by atoms with van der Waals surface area (Å²) >= 11 is 1.59. The van der Waals surface area contributed by atoms with E-state index in [1.54, 1.807) is 40.5 Å². The highest BCUT2D eigenvalue weighted by Gasteiger charge is 2.37. The van der Waals surface area contributed by atoms with E-state index in [0.717, 1.165) is 16.9 Å². The molecule has 0 bridgehead atoms. The van der Waals surface area contributed by atoms with E-state index in [4.69, 9.17) is 4.74 Å². The first kappa shape index (κ1) is 17.4. The molecule has 1 aromatic carbocycles. The Morgan fingerprint density at radius 1 is 1.16 bits per heavy atom. The molecule has 3 rings (SSSR count). The van der Waals surface area contributed by atoms with Gasteiger partial charge in [0, 0.05) is 29.8 Å². The minimum atomic E-state index is -0.709. The van der Waals surface area contributed by atoms with Gasteiger partial charge in [0.1, 0.15) is 0 Å². The number of hydrogen-bond donors (Lipinski definition) is 0. The fourth-order valence-electron chi connectivity index (χ4n) is 3.08. The summed E-state index contributed by atoms with van der Waals surface area (Å²) in [5.74, 6) is -0.713. The summed E-state index contributed by atoms with van der Waals surface area (Å²) in [7, 11) is 1.32. The van der Waals surface area contributed by atoms with Crippen LogP contribution in [-0.2, 0) is 20.7 Å². The first-order valence-electron chi connectivity index (χ1n) is 8.13. The smallest absolute Gasteiger partial charge is 0.333 e. The Labute approximate surface area is 150 Å². The third-order valence-corrected chi connectivity index (χ3v) is 5.37. The van der Waals surface area contributed by atoms with Gasteiger partial charge in [-0.15, -0.1) is 11.3 Å². The first-order valence-corrected chi connectivity index (χ1v) is 9.01. The fourth-order valence-corrected chi connectivity index (χ4v) is 3.99. The first-order chi connectivity index (χ1) is 12.1. The third kappa shape index (κ3) is 3.64. The van der Waals surface area contributed by atoms with E-state index >= 15 is 0 Å². The molecule has 1 atom stereocenters. The van der Waals surface area contributed by atoms with Crippen LogP contribution in [0.4, 0.5) is 0 Å². The number of nitrogens with zero attached hydrogens (tertiary/aromatic N) is 1. The van der Waals surface area contributed by atoms with Gasteiger partial charge < -0.3 is 9.64 Å². The van der Waals surface area contributed by atoms with E-state index in [2.05, 4.69) is 0 Å². The van der Waals surface area contributed by atoms with E-state index in [0.29, 0.717) is 12.1 Å². The molecule has 25 heavy (non-hydrogen) atoms. The maximum Gasteiger partial charge on any atom is 0.333 e. The minimum absolute atomic E-state index is 0.0724. The largest absolute Gasteiger partial charge is 0.467 e. The van der Waals surface area contributed by atoms with Crippen LogP contribution >= 0.6 is 11.3 Å². The van der Waals surface area contributed by atoms with Crippen molar-refractivity contribution in [1.29, 1.82) is 0 Å². The molecule has 0 fully saturated rings. The molecule has 2 heterocycles. The lowest BCUT2D eigenvalue weighted by Crippen LogP contribution is -2.43. The van der Waals surface area contributed by atoms with Crippen molar-refractivity contribution in [2.24, 2.45) is 0 Å². The van der Waals surface area contributed by atoms with Gasteiger partial charge in [0.05, 0.1) is 7.11 Å². The van der Waals surface area contributed by atoms with Crippen LogP contribution in [0.15, 0.2) is 41.8 Å². The monoisotopic (exact) mass is 357 g/mol. The highest BCUT2D eigenvalue weighted by atomic mass is 32.1. The number of esters is 1. The van der Waals surface area contributed by atoms with Crippen LogP contribution in [-0.4, -0.2) is 36.2 Å². The number of rotatable bonds is 5. The van der Waals surface area contributed by atoms with Crippen molar-refractivity contribution in [2.75, 3.05) is 13.7 Å². The maximum atomic E-state index is 12.7. The molecule has 6 heteroatoms. The second-order valence-electron chi connectivity index (χ2n) is 5.85. The number of hydrogen-bond acceptors (Lipinski definition) is 5. The molecule has 2 aromatic rings. The summed E-state index contributed by atoms with van der Waals surface area (Å²) < 4.78 is 4.90. The molecule has 5 nitrogen and oxygen atoms in total. The Morgan fingerprint density at radius 3 is 2.64 bits per heavy atom. The van der Waals surface area contributed by atoms with E-state index in [1.807, 2.05) is 17.5 Å². The van der Waals surface area contributed by atoms with Crippen LogP contribution in [0, 0.1) is 0 Å².